The van der Waals surface area contributed by atoms with Gasteiger partial charge in [-0.05, 0) is 54.6 Å². The van der Waals surface area contributed by atoms with E-state index in [4.69, 9.17) is 15.2 Å². The van der Waals surface area contributed by atoms with Crippen molar-refractivity contribution in [1.82, 2.24) is 10.2 Å². The summed E-state index contributed by atoms with van der Waals surface area (Å²) in [6.45, 7) is 4.79. The quantitative estimate of drug-likeness (QED) is 0.668. The number of nitriles is 1. The highest BCUT2D eigenvalue weighted by Gasteiger charge is 2.36. The molecule has 0 saturated heterocycles. The molecule has 3 N–H and O–H groups in total. The van der Waals surface area contributed by atoms with E-state index in [0.717, 1.165) is 39.4 Å². The van der Waals surface area contributed by atoms with Crippen molar-refractivity contribution in [3.8, 4) is 29.0 Å². The fraction of sp³-hybridized carbons (Fsp3) is 0.238. The number of benzene rings is 1. The van der Waals surface area contributed by atoms with Crippen LogP contribution < -0.4 is 15.2 Å². The standard InChI is InChI=1S/C21H20N4O2S/c1-3-9-26-14-6-4-13(5-7-14)18-17-16(19-12(2)8-10-28-19)15(11-22)20(23)27-21(17)25-24-18/h4-8,10,16H,3,9,23H2,1-2H3,(H,24,25). The third kappa shape index (κ3) is 3.02. The van der Waals surface area contributed by atoms with E-state index in [1.807, 2.05) is 42.6 Å². The monoisotopic (exact) mass is 392 g/mol. The first kappa shape index (κ1) is 18.1. The maximum absolute atomic E-state index is 9.75. The van der Waals surface area contributed by atoms with Crippen LogP contribution in [-0.2, 0) is 0 Å². The molecule has 0 amide bonds. The molecule has 7 heteroatoms. The Morgan fingerprint density at radius 3 is 2.75 bits per heavy atom. The Balaban J connectivity index is 1.81. The predicted octanol–water partition coefficient (Wildman–Crippen LogP) is 4.45. The molecule has 0 spiro atoms. The number of allylic oxidation sites excluding steroid dienone is 1. The van der Waals surface area contributed by atoms with E-state index in [1.54, 1.807) is 11.3 Å². The number of aromatic amines is 1. The zero-order valence-electron chi connectivity index (χ0n) is 15.7. The lowest BCUT2D eigenvalue weighted by atomic mass is 9.86. The van der Waals surface area contributed by atoms with E-state index in [1.165, 1.54) is 0 Å². The van der Waals surface area contributed by atoms with Crippen LogP contribution in [-0.4, -0.2) is 16.8 Å². The highest BCUT2D eigenvalue weighted by Crippen LogP contribution is 2.47. The Morgan fingerprint density at radius 1 is 1.32 bits per heavy atom. The number of hydrogen-bond acceptors (Lipinski definition) is 6. The molecule has 1 aliphatic rings. The number of nitrogens with two attached hydrogens (primary N) is 1. The summed E-state index contributed by atoms with van der Waals surface area (Å²) < 4.78 is 11.3. The molecule has 0 radical (unpaired) electrons. The maximum Gasteiger partial charge on any atom is 0.244 e. The van der Waals surface area contributed by atoms with Gasteiger partial charge < -0.3 is 15.2 Å². The first-order valence-corrected chi connectivity index (χ1v) is 9.95. The number of aryl methyl sites for hydroxylation is 1. The molecular formula is C21H20N4O2S. The molecule has 2 aromatic heterocycles. The van der Waals surface area contributed by atoms with Crippen LogP contribution in [0.5, 0.6) is 11.6 Å². The molecule has 0 bridgehead atoms. The van der Waals surface area contributed by atoms with Crippen molar-refractivity contribution in [2.75, 3.05) is 6.61 Å². The van der Waals surface area contributed by atoms with E-state index < -0.39 is 0 Å². The second-order valence-electron chi connectivity index (χ2n) is 6.58. The van der Waals surface area contributed by atoms with Crippen LogP contribution >= 0.6 is 11.3 Å². The molecule has 0 aliphatic carbocycles. The van der Waals surface area contributed by atoms with Crippen molar-refractivity contribution in [3.63, 3.8) is 0 Å². The van der Waals surface area contributed by atoms with E-state index in [9.17, 15) is 5.26 Å². The summed E-state index contributed by atoms with van der Waals surface area (Å²) >= 11 is 1.60. The smallest absolute Gasteiger partial charge is 0.244 e. The second kappa shape index (κ2) is 7.41. The summed E-state index contributed by atoms with van der Waals surface area (Å²) in [7, 11) is 0. The molecule has 28 heavy (non-hydrogen) atoms. The SMILES string of the molecule is CCCOc1ccc(-c2[nH]nc3c2C(c2sccc2C)C(C#N)=C(N)O3)cc1. The largest absolute Gasteiger partial charge is 0.494 e. The average molecular weight is 392 g/mol. The van der Waals surface area contributed by atoms with Crippen LogP contribution in [0, 0.1) is 18.3 Å². The van der Waals surface area contributed by atoms with Crippen molar-refractivity contribution in [2.45, 2.75) is 26.2 Å². The molecule has 142 valence electrons. The van der Waals surface area contributed by atoms with E-state index >= 15 is 0 Å². The van der Waals surface area contributed by atoms with Gasteiger partial charge in [-0.1, -0.05) is 6.92 Å². The van der Waals surface area contributed by atoms with Gasteiger partial charge in [-0.15, -0.1) is 16.4 Å². The van der Waals surface area contributed by atoms with Gasteiger partial charge >= 0.3 is 0 Å². The number of fused-ring (bicyclic) bond motifs is 1. The van der Waals surface area contributed by atoms with Gasteiger partial charge in [0.25, 0.3) is 0 Å². The number of hydrogen-bond donors (Lipinski definition) is 2. The van der Waals surface area contributed by atoms with E-state index in [2.05, 4.69) is 23.2 Å². The molecule has 0 saturated carbocycles. The first-order valence-electron chi connectivity index (χ1n) is 9.07. The molecule has 3 aromatic rings. The van der Waals surface area contributed by atoms with Crippen molar-refractivity contribution in [2.24, 2.45) is 5.73 Å². The average Bonchev–Trinajstić information content (AvgIpc) is 3.31. The lowest BCUT2D eigenvalue weighted by Gasteiger charge is -2.23. The maximum atomic E-state index is 9.75. The van der Waals surface area contributed by atoms with Crippen LogP contribution in [0.1, 0.15) is 35.3 Å². The zero-order valence-corrected chi connectivity index (χ0v) is 16.5. The molecule has 1 aliphatic heterocycles. The van der Waals surface area contributed by atoms with Gasteiger partial charge in [-0.3, -0.25) is 5.10 Å². The molecule has 1 unspecified atom stereocenters. The van der Waals surface area contributed by atoms with Gasteiger partial charge in [0.05, 0.1) is 23.8 Å². The fourth-order valence-corrected chi connectivity index (χ4v) is 4.39. The Bertz CT molecular complexity index is 1070. The Morgan fingerprint density at radius 2 is 2.11 bits per heavy atom. The number of thiophene rings is 1. The van der Waals surface area contributed by atoms with Gasteiger partial charge in [-0.2, -0.15) is 5.26 Å². The first-order chi connectivity index (χ1) is 13.6. The zero-order chi connectivity index (χ0) is 19.7. The number of H-pyrrole nitrogens is 1. The molecule has 1 aromatic carbocycles. The highest BCUT2D eigenvalue weighted by molar-refractivity contribution is 7.10. The number of rotatable bonds is 5. The minimum atomic E-state index is -0.307. The number of nitrogens with zero attached hydrogens (tertiary/aromatic N) is 2. The summed E-state index contributed by atoms with van der Waals surface area (Å²) in [5.41, 5.74) is 10.1. The van der Waals surface area contributed by atoms with Crippen LogP contribution in [0.25, 0.3) is 11.3 Å². The summed E-state index contributed by atoms with van der Waals surface area (Å²) in [4.78, 5) is 1.06. The second-order valence-corrected chi connectivity index (χ2v) is 7.53. The topological polar surface area (TPSA) is 97.0 Å². The predicted molar refractivity (Wildman–Crippen MR) is 108 cm³/mol. The third-order valence-corrected chi connectivity index (χ3v) is 5.80. The Kier molecular flexibility index (Phi) is 4.80. The van der Waals surface area contributed by atoms with E-state index in [0.29, 0.717) is 18.1 Å². The van der Waals surface area contributed by atoms with Crippen LogP contribution in [0.4, 0.5) is 0 Å². The highest BCUT2D eigenvalue weighted by atomic mass is 32.1. The molecule has 3 heterocycles. The number of ether oxygens (including phenoxy) is 2. The molecule has 4 rings (SSSR count). The van der Waals surface area contributed by atoms with Gasteiger partial charge in [0.15, 0.2) is 0 Å². The lowest BCUT2D eigenvalue weighted by Crippen LogP contribution is -2.20. The number of aromatic nitrogens is 2. The fourth-order valence-electron chi connectivity index (χ4n) is 3.35. The molecular weight excluding hydrogens is 372 g/mol. The molecule has 0 fully saturated rings. The number of nitrogens with one attached hydrogen (secondary N) is 1. The van der Waals surface area contributed by atoms with Crippen LogP contribution in [0.3, 0.4) is 0 Å². The van der Waals surface area contributed by atoms with Crippen LogP contribution in [0.2, 0.25) is 0 Å². The van der Waals surface area contributed by atoms with Gasteiger partial charge in [0, 0.05) is 10.4 Å². The van der Waals surface area contributed by atoms with Crippen molar-refractivity contribution < 1.29 is 9.47 Å². The summed E-state index contributed by atoms with van der Waals surface area (Å²) in [6.07, 6.45) is 0.958. The molecule has 6 nitrogen and oxygen atoms in total. The molecule has 1 atom stereocenters. The lowest BCUT2D eigenvalue weighted by molar-refractivity contribution is 0.317. The Labute approximate surface area is 167 Å². The van der Waals surface area contributed by atoms with E-state index in [-0.39, 0.29) is 11.8 Å². The summed E-state index contributed by atoms with van der Waals surface area (Å²) in [6, 6.07) is 12.1. The van der Waals surface area contributed by atoms with Gasteiger partial charge in [-0.25, -0.2) is 0 Å². The van der Waals surface area contributed by atoms with Gasteiger partial charge in [0.2, 0.25) is 11.8 Å². The third-order valence-electron chi connectivity index (χ3n) is 4.72. The van der Waals surface area contributed by atoms with Crippen LogP contribution in [0.15, 0.2) is 47.2 Å². The normalized spacial score (nSPS) is 15.7. The summed E-state index contributed by atoms with van der Waals surface area (Å²) in [5, 5.41) is 19.2. The van der Waals surface area contributed by atoms with Crippen molar-refractivity contribution in [1.29, 1.82) is 5.26 Å². The minimum absolute atomic E-state index is 0.106. The van der Waals surface area contributed by atoms with Crippen molar-refractivity contribution >= 4 is 11.3 Å². The minimum Gasteiger partial charge on any atom is -0.494 e. The summed E-state index contributed by atoms with van der Waals surface area (Å²) in [5.74, 6) is 1.03. The Hall–Kier alpha value is -3.24. The van der Waals surface area contributed by atoms with Gasteiger partial charge in [0.1, 0.15) is 17.4 Å². The van der Waals surface area contributed by atoms with Crippen molar-refractivity contribution in [3.05, 3.63) is 63.2 Å².